The minimum atomic E-state index is -0.754. The summed E-state index contributed by atoms with van der Waals surface area (Å²) in [4.78, 5) is 26.0. The molecular weight excluding hydrogens is 387 g/mol. The average Bonchev–Trinajstić information content (AvgIpc) is 3.26. The van der Waals surface area contributed by atoms with Crippen LogP contribution in [0.3, 0.4) is 0 Å². The lowest BCUT2D eigenvalue weighted by molar-refractivity contribution is -0.125. The lowest BCUT2D eigenvalue weighted by Crippen LogP contribution is -2.39. The fourth-order valence-corrected chi connectivity index (χ4v) is 3.70. The summed E-state index contributed by atoms with van der Waals surface area (Å²) in [6.45, 7) is 5.88. The molecule has 0 radical (unpaired) electrons. The molecule has 1 amide bonds. The molecule has 1 N–H and O–H groups in total. The van der Waals surface area contributed by atoms with Gasteiger partial charge in [0.15, 0.2) is 5.58 Å². The molecule has 1 aromatic carbocycles. The zero-order valence-corrected chi connectivity index (χ0v) is 17.1. The highest BCUT2D eigenvalue weighted by Crippen LogP contribution is 2.24. The summed E-state index contributed by atoms with van der Waals surface area (Å²) in [5.41, 5.74) is 2.27. The second kappa shape index (κ2) is 7.78. The van der Waals surface area contributed by atoms with Crippen LogP contribution in [0, 0.1) is 12.7 Å². The topological polar surface area (TPSA) is 81.5 Å². The zero-order chi connectivity index (χ0) is 21.4. The normalized spacial score (nSPS) is 12.5. The molecule has 0 saturated heterocycles. The van der Waals surface area contributed by atoms with Gasteiger partial charge in [0.2, 0.25) is 5.91 Å². The van der Waals surface area contributed by atoms with Crippen molar-refractivity contribution in [1.29, 1.82) is 0 Å². The molecule has 0 aliphatic carbocycles. The lowest BCUT2D eigenvalue weighted by atomic mass is 10.2. The molecule has 4 aromatic rings. The molecule has 8 heteroatoms. The first-order chi connectivity index (χ1) is 14.4. The van der Waals surface area contributed by atoms with E-state index in [1.165, 1.54) is 16.8 Å². The van der Waals surface area contributed by atoms with Crippen molar-refractivity contribution in [2.75, 3.05) is 0 Å². The Bertz CT molecular complexity index is 1280. The fourth-order valence-electron chi connectivity index (χ4n) is 3.70. The third-order valence-electron chi connectivity index (χ3n) is 5.20. The van der Waals surface area contributed by atoms with Gasteiger partial charge in [-0.2, -0.15) is 5.10 Å². The average molecular weight is 410 g/mol. The van der Waals surface area contributed by atoms with Crippen LogP contribution < -0.4 is 10.9 Å². The van der Waals surface area contributed by atoms with Gasteiger partial charge in [0.05, 0.1) is 5.52 Å². The van der Waals surface area contributed by atoms with Crippen molar-refractivity contribution in [2.45, 2.75) is 46.2 Å². The summed E-state index contributed by atoms with van der Waals surface area (Å²) in [5, 5.41) is 7.35. The minimum Gasteiger partial charge on any atom is -0.460 e. The maximum absolute atomic E-state index is 13.2. The number of aromatic nitrogens is 3. The molecule has 30 heavy (non-hydrogen) atoms. The maximum atomic E-state index is 13.2. The van der Waals surface area contributed by atoms with Crippen LogP contribution in [0.4, 0.5) is 4.39 Å². The number of hydrogen-bond acceptors (Lipinski definition) is 4. The van der Waals surface area contributed by atoms with Crippen molar-refractivity contribution in [2.24, 2.45) is 0 Å². The number of rotatable bonds is 6. The van der Waals surface area contributed by atoms with E-state index in [-0.39, 0.29) is 23.8 Å². The number of carbonyl (C=O) groups is 1. The highest BCUT2D eigenvalue weighted by atomic mass is 19.1. The van der Waals surface area contributed by atoms with Gasteiger partial charge >= 0.3 is 0 Å². The van der Waals surface area contributed by atoms with Crippen LogP contribution in [0.2, 0.25) is 0 Å². The van der Waals surface area contributed by atoms with E-state index in [0.29, 0.717) is 29.8 Å². The smallest absolute Gasteiger partial charge is 0.291 e. The molecule has 0 fully saturated rings. The monoisotopic (exact) mass is 410 g/mol. The van der Waals surface area contributed by atoms with Crippen LogP contribution >= 0.6 is 0 Å². The second-order valence-electron chi connectivity index (χ2n) is 7.26. The number of furan rings is 1. The number of fused-ring (bicyclic) bond motifs is 3. The van der Waals surface area contributed by atoms with Gasteiger partial charge in [-0.25, -0.2) is 9.07 Å². The van der Waals surface area contributed by atoms with E-state index in [2.05, 4.69) is 10.4 Å². The SMILES string of the molecule is CCc1nn([C@H](CC)C(=O)NCc2ccc(F)cc2)c(=O)c2cc3oc(C)cc3n12. The van der Waals surface area contributed by atoms with E-state index in [1.807, 2.05) is 26.8 Å². The first kappa shape index (κ1) is 19.9. The number of aryl methyl sites for hydroxylation is 2. The molecule has 3 aromatic heterocycles. The van der Waals surface area contributed by atoms with Gasteiger partial charge in [-0.3, -0.25) is 14.0 Å². The quantitative estimate of drug-likeness (QED) is 0.527. The second-order valence-corrected chi connectivity index (χ2v) is 7.26. The van der Waals surface area contributed by atoms with Crippen LogP contribution in [0.25, 0.3) is 16.6 Å². The van der Waals surface area contributed by atoms with Crippen LogP contribution in [0.5, 0.6) is 0 Å². The fraction of sp³-hybridized carbons (Fsp3) is 0.318. The standard InChI is InChI=1S/C22H23FN4O3/c1-4-16(21(28)24-12-14-6-8-15(23)9-7-14)27-22(29)18-11-19-17(10-13(3)30-19)26(18)20(5-2)25-27/h6-11,16H,4-5,12H2,1-3H3,(H,24,28)/t16-/m1/s1. The molecule has 0 aliphatic rings. The third kappa shape index (κ3) is 3.38. The number of hydrogen-bond donors (Lipinski definition) is 1. The number of nitrogens with zero attached hydrogens (tertiary/aromatic N) is 3. The Labute approximate surface area is 172 Å². The summed E-state index contributed by atoms with van der Waals surface area (Å²) in [5.74, 6) is 0.784. The Kier molecular flexibility index (Phi) is 5.15. The Morgan fingerprint density at radius 3 is 2.60 bits per heavy atom. The van der Waals surface area contributed by atoms with Crippen LogP contribution in [-0.2, 0) is 17.8 Å². The molecule has 0 bridgehead atoms. The molecule has 3 heterocycles. The van der Waals surface area contributed by atoms with E-state index >= 15 is 0 Å². The summed E-state index contributed by atoms with van der Waals surface area (Å²) in [6, 6.07) is 8.73. The van der Waals surface area contributed by atoms with Gasteiger partial charge in [0.25, 0.3) is 5.56 Å². The zero-order valence-electron chi connectivity index (χ0n) is 17.1. The first-order valence-electron chi connectivity index (χ1n) is 9.98. The van der Waals surface area contributed by atoms with Crippen LogP contribution in [0.1, 0.15) is 43.5 Å². The van der Waals surface area contributed by atoms with Crippen molar-refractivity contribution in [3.8, 4) is 0 Å². The number of benzene rings is 1. The van der Waals surface area contributed by atoms with Gasteiger partial charge in [-0.05, 0) is 31.0 Å². The van der Waals surface area contributed by atoms with E-state index in [1.54, 1.807) is 22.6 Å². The highest BCUT2D eigenvalue weighted by molar-refractivity contribution is 5.83. The van der Waals surface area contributed by atoms with Crippen molar-refractivity contribution >= 4 is 22.5 Å². The van der Waals surface area contributed by atoms with Crippen LogP contribution in [-0.4, -0.2) is 20.1 Å². The molecule has 7 nitrogen and oxygen atoms in total. The van der Waals surface area contributed by atoms with E-state index in [9.17, 15) is 14.0 Å². The minimum absolute atomic E-state index is 0.241. The van der Waals surface area contributed by atoms with Gasteiger partial charge < -0.3 is 9.73 Å². The Hall–Kier alpha value is -3.42. The number of halogens is 1. The number of nitrogens with one attached hydrogen (secondary N) is 1. The summed E-state index contributed by atoms with van der Waals surface area (Å²) in [7, 11) is 0. The molecule has 156 valence electrons. The summed E-state index contributed by atoms with van der Waals surface area (Å²) in [6.07, 6.45) is 0.982. The molecule has 0 aliphatic heterocycles. The van der Waals surface area contributed by atoms with Crippen molar-refractivity contribution in [3.63, 3.8) is 0 Å². The van der Waals surface area contributed by atoms with Gasteiger partial charge in [0.1, 0.15) is 29.0 Å². The lowest BCUT2D eigenvalue weighted by Gasteiger charge is -2.18. The largest absolute Gasteiger partial charge is 0.460 e. The van der Waals surface area contributed by atoms with E-state index in [0.717, 1.165) is 16.8 Å². The van der Waals surface area contributed by atoms with Crippen LogP contribution in [0.15, 0.2) is 45.6 Å². The number of carbonyl (C=O) groups excluding carboxylic acids is 1. The predicted octanol–water partition coefficient (Wildman–Crippen LogP) is 3.52. The Morgan fingerprint density at radius 1 is 1.20 bits per heavy atom. The summed E-state index contributed by atoms with van der Waals surface area (Å²) >= 11 is 0. The summed E-state index contributed by atoms with van der Waals surface area (Å²) < 4.78 is 21.8. The van der Waals surface area contributed by atoms with E-state index in [4.69, 9.17) is 4.42 Å². The van der Waals surface area contributed by atoms with E-state index < -0.39 is 6.04 Å². The highest BCUT2D eigenvalue weighted by Gasteiger charge is 2.24. The Balaban J connectivity index is 1.70. The van der Waals surface area contributed by atoms with Gasteiger partial charge in [-0.15, -0.1) is 0 Å². The molecule has 0 saturated carbocycles. The number of amides is 1. The van der Waals surface area contributed by atoms with Crippen molar-refractivity contribution in [1.82, 2.24) is 19.5 Å². The predicted molar refractivity (Wildman–Crippen MR) is 111 cm³/mol. The van der Waals surface area contributed by atoms with Crippen molar-refractivity contribution in [3.05, 3.63) is 69.7 Å². The van der Waals surface area contributed by atoms with Gasteiger partial charge in [0, 0.05) is 25.1 Å². The first-order valence-corrected chi connectivity index (χ1v) is 9.98. The van der Waals surface area contributed by atoms with Crippen molar-refractivity contribution < 1.29 is 13.6 Å². The maximum Gasteiger partial charge on any atom is 0.291 e. The third-order valence-corrected chi connectivity index (χ3v) is 5.20. The molecule has 0 spiro atoms. The van der Waals surface area contributed by atoms with Gasteiger partial charge in [-0.1, -0.05) is 26.0 Å². The molecule has 4 rings (SSSR count). The Morgan fingerprint density at radius 2 is 1.93 bits per heavy atom. The molecule has 1 atom stereocenters. The molecular formula is C22H23FN4O3. The molecule has 0 unspecified atom stereocenters.